The summed E-state index contributed by atoms with van der Waals surface area (Å²) in [5.74, 6) is -1.37. The summed E-state index contributed by atoms with van der Waals surface area (Å²) < 4.78 is 0. The number of aromatic amines is 1. The number of nitrogens with one attached hydrogen (secondary N) is 1. The highest BCUT2D eigenvalue weighted by Crippen LogP contribution is 2.21. The van der Waals surface area contributed by atoms with Gasteiger partial charge >= 0.3 is 0 Å². The first-order valence-electron chi connectivity index (χ1n) is 6.15. The Morgan fingerprint density at radius 1 is 1.58 bits per heavy atom. The Kier molecular flexibility index (Phi) is 2.70. The van der Waals surface area contributed by atoms with Crippen LogP contribution in [-0.2, 0) is 16.1 Å². The number of amides is 2. The fourth-order valence-corrected chi connectivity index (χ4v) is 2.48. The molecule has 0 aromatic carbocycles. The topological polar surface area (TPSA) is 92.1 Å². The van der Waals surface area contributed by atoms with Crippen LogP contribution in [0, 0.1) is 5.92 Å². The molecule has 0 bridgehead atoms. The van der Waals surface area contributed by atoms with E-state index in [4.69, 9.17) is 5.73 Å². The van der Waals surface area contributed by atoms with Crippen molar-refractivity contribution in [1.82, 2.24) is 14.9 Å². The van der Waals surface area contributed by atoms with Crippen molar-refractivity contribution >= 4 is 22.7 Å². The van der Waals surface area contributed by atoms with Crippen molar-refractivity contribution in [3.05, 3.63) is 30.2 Å². The maximum Gasteiger partial charge on any atom is 0.235 e. The zero-order chi connectivity index (χ0) is 13.4. The highest BCUT2D eigenvalue weighted by Gasteiger charge is 2.35. The number of likely N-dealkylation sites (tertiary alicyclic amines) is 1. The molecule has 1 atom stereocenters. The highest BCUT2D eigenvalue weighted by molar-refractivity contribution is 6.00. The summed E-state index contributed by atoms with van der Waals surface area (Å²) in [5.41, 5.74) is 7.12. The summed E-state index contributed by atoms with van der Waals surface area (Å²) in [6.07, 6.45) is 4.00. The fourth-order valence-electron chi connectivity index (χ4n) is 2.48. The Morgan fingerprint density at radius 2 is 2.42 bits per heavy atom. The Hall–Kier alpha value is -2.37. The second-order valence-corrected chi connectivity index (χ2v) is 4.76. The molecule has 2 aromatic rings. The van der Waals surface area contributed by atoms with E-state index in [-0.39, 0.29) is 5.91 Å². The lowest BCUT2D eigenvalue weighted by Gasteiger charge is -2.14. The molecule has 3 N–H and O–H groups in total. The van der Waals surface area contributed by atoms with Gasteiger partial charge in [0.2, 0.25) is 11.8 Å². The van der Waals surface area contributed by atoms with E-state index in [0.717, 1.165) is 16.6 Å². The van der Waals surface area contributed by atoms with Crippen LogP contribution >= 0.6 is 0 Å². The number of pyridine rings is 1. The van der Waals surface area contributed by atoms with Crippen LogP contribution in [0.3, 0.4) is 0 Å². The molecule has 1 aliphatic rings. The maximum absolute atomic E-state index is 12.0. The number of primary amides is 1. The van der Waals surface area contributed by atoms with E-state index < -0.39 is 11.8 Å². The number of hydrogen-bond acceptors (Lipinski definition) is 3. The molecule has 19 heavy (non-hydrogen) atoms. The Balaban J connectivity index is 1.78. The van der Waals surface area contributed by atoms with Crippen molar-refractivity contribution < 1.29 is 9.59 Å². The zero-order valence-corrected chi connectivity index (χ0v) is 10.3. The van der Waals surface area contributed by atoms with Crippen molar-refractivity contribution in [3.8, 4) is 0 Å². The van der Waals surface area contributed by atoms with Gasteiger partial charge in [0.15, 0.2) is 0 Å². The molecule has 1 aliphatic heterocycles. The van der Waals surface area contributed by atoms with Crippen LogP contribution in [-0.4, -0.2) is 33.2 Å². The largest absolute Gasteiger partial charge is 0.369 e. The van der Waals surface area contributed by atoms with E-state index in [1.165, 1.54) is 0 Å². The third-order valence-electron chi connectivity index (χ3n) is 3.48. The Bertz CT molecular complexity index is 616. The number of aromatic nitrogens is 2. The first kappa shape index (κ1) is 11.7. The van der Waals surface area contributed by atoms with Crippen LogP contribution < -0.4 is 5.73 Å². The van der Waals surface area contributed by atoms with Crippen molar-refractivity contribution in [2.45, 2.75) is 13.0 Å². The van der Waals surface area contributed by atoms with Crippen LogP contribution in [0.2, 0.25) is 0 Å². The molecular formula is C13H14N4O2. The standard InChI is InChI=1S/C13H14N4O2/c14-12(18)10-2-4-17(13(10)19)7-9-5-8-6-15-3-1-11(8)16-9/h1,3,5-6,10,16H,2,4,7H2,(H2,14,18)/t10-/m0/s1. The fraction of sp³-hybridized carbons (Fsp3) is 0.308. The van der Waals surface area contributed by atoms with E-state index in [0.29, 0.717) is 19.5 Å². The molecule has 1 fully saturated rings. The van der Waals surface area contributed by atoms with Crippen LogP contribution in [0.5, 0.6) is 0 Å². The van der Waals surface area contributed by atoms with E-state index in [2.05, 4.69) is 9.97 Å². The molecule has 1 saturated heterocycles. The van der Waals surface area contributed by atoms with Gasteiger partial charge in [-0.05, 0) is 18.6 Å². The number of hydrogen-bond donors (Lipinski definition) is 2. The van der Waals surface area contributed by atoms with Gasteiger partial charge in [0.05, 0.1) is 6.54 Å². The minimum absolute atomic E-state index is 0.177. The van der Waals surface area contributed by atoms with Crippen LogP contribution in [0.15, 0.2) is 24.5 Å². The molecule has 0 unspecified atom stereocenters. The summed E-state index contributed by atoms with van der Waals surface area (Å²) >= 11 is 0. The number of carbonyl (C=O) groups excluding carboxylic acids is 2. The molecule has 0 saturated carbocycles. The minimum Gasteiger partial charge on any atom is -0.369 e. The minimum atomic E-state index is -0.661. The summed E-state index contributed by atoms with van der Waals surface area (Å²) in [6, 6.07) is 3.85. The quantitative estimate of drug-likeness (QED) is 0.780. The van der Waals surface area contributed by atoms with Gasteiger partial charge < -0.3 is 15.6 Å². The number of nitrogens with two attached hydrogens (primary N) is 1. The molecule has 98 valence electrons. The molecular weight excluding hydrogens is 244 g/mol. The Morgan fingerprint density at radius 3 is 3.11 bits per heavy atom. The van der Waals surface area contributed by atoms with Crippen molar-refractivity contribution in [3.63, 3.8) is 0 Å². The summed E-state index contributed by atoms with van der Waals surface area (Å²) in [6.45, 7) is 1.04. The smallest absolute Gasteiger partial charge is 0.235 e. The van der Waals surface area contributed by atoms with E-state index in [1.54, 1.807) is 17.3 Å². The van der Waals surface area contributed by atoms with Crippen molar-refractivity contribution in [1.29, 1.82) is 0 Å². The number of carbonyl (C=O) groups is 2. The van der Waals surface area contributed by atoms with Gasteiger partial charge in [0.1, 0.15) is 5.92 Å². The van der Waals surface area contributed by atoms with E-state index in [9.17, 15) is 9.59 Å². The van der Waals surface area contributed by atoms with Crippen LogP contribution in [0.4, 0.5) is 0 Å². The molecule has 0 spiro atoms. The molecule has 2 aromatic heterocycles. The lowest BCUT2D eigenvalue weighted by Crippen LogP contribution is -2.33. The third-order valence-corrected chi connectivity index (χ3v) is 3.48. The van der Waals surface area contributed by atoms with Crippen LogP contribution in [0.25, 0.3) is 10.9 Å². The SMILES string of the molecule is NC(=O)[C@@H]1CCN(Cc2cc3cnccc3[nH]2)C1=O. The number of fused-ring (bicyclic) bond motifs is 1. The molecule has 3 rings (SSSR count). The number of nitrogens with zero attached hydrogens (tertiary/aromatic N) is 2. The zero-order valence-electron chi connectivity index (χ0n) is 10.3. The van der Waals surface area contributed by atoms with Crippen molar-refractivity contribution in [2.75, 3.05) is 6.54 Å². The second-order valence-electron chi connectivity index (χ2n) is 4.76. The van der Waals surface area contributed by atoms with Gasteiger partial charge in [-0.3, -0.25) is 14.6 Å². The van der Waals surface area contributed by atoms with Gasteiger partial charge in [0.25, 0.3) is 0 Å². The summed E-state index contributed by atoms with van der Waals surface area (Å²) in [4.78, 5) is 32.0. The number of H-pyrrole nitrogens is 1. The molecule has 3 heterocycles. The first-order valence-corrected chi connectivity index (χ1v) is 6.15. The molecule has 6 heteroatoms. The van der Waals surface area contributed by atoms with E-state index in [1.807, 2.05) is 12.1 Å². The summed E-state index contributed by atoms with van der Waals surface area (Å²) in [7, 11) is 0. The average Bonchev–Trinajstić information content (AvgIpc) is 2.94. The monoisotopic (exact) mass is 258 g/mol. The van der Waals surface area contributed by atoms with Gasteiger partial charge in [-0.1, -0.05) is 0 Å². The van der Waals surface area contributed by atoms with Gasteiger partial charge in [0, 0.05) is 35.5 Å². The van der Waals surface area contributed by atoms with E-state index >= 15 is 0 Å². The predicted octanol–water partition coefficient (Wildman–Crippen LogP) is 0.397. The number of rotatable bonds is 3. The normalized spacial score (nSPS) is 19.3. The van der Waals surface area contributed by atoms with Gasteiger partial charge in [-0.15, -0.1) is 0 Å². The maximum atomic E-state index is 12.0. The van der Waals surface area contributed by atoms with Crippen LogP contribution in [0.1, 0.15) is 12.1 Å². The van der Waals surface area contributed by atoms with Gasteiger partial charge in [-0.2, -0.15) is 0 Å². The summed E-state index contributed by atoms with van der Waals surface area (Å²) in [5, 5.41) is 1.01. The lowest BCUT2D eigenvalue weighted by molar-refractivity contribution is -0.136. The van der Waals surface area contributed by atoms with Gasteiger partial charge in [-0.25, -0.2) is 0 Å². The predicted molar refractivity (Wildman–Crippen MR) is 68.8 cm³/mol. The highest BCUT2D eigenvalue weighted by atomic mass is 16.2. The van der Waals surface area contributed by atoms with Crippen molar-refractivity contribution in [2.24, 2.45) is 11.7 Å². The molecule has 0 aliphatic carbocycles. The average molecular weight is 258 g/mol. The Labute approximate surface area is 109 Å². The molecule has 2 amide bonds. The molecule has 0 radical (unpaired) electrons. The lowest BCUT2D eigenvalue weighted by atomic mass is 10.1. The second kappa shape index (κ2) is 4.38. The first-order chi connectivity index (χ1) is 9.15. The molecule has 6 nitrogen and oxygen atoms in total. The third kappa shape index (κ3) is 2.05.